The molecule has 0 fully saturated rings. The van der Waals surface area contributed by atoms with Gasteiger partial charge >= 0.3 is 5.97 Å². The van der Waals surface area contributed by atoms with E-state index in [1.165, 1.54) is 30.8 Å². The van der Waals surface area contributed by atoms with E-state index in [9.17, 15) is 9.59 Å². The van der Waals surface area contributed by atoms with Gasteiger partial charge in [0, 0.05) is 29.3 Å². The smallest absolute Gasteiger partial charge is 0.308 e. The predicted molar refractivity (Wildman–Crippen MR) is 123 cm³/mol. The third-order valence-corrected chi connectivity index (χ3v) is 6.04. The minimum Gasteiger partial charge on any atom is -0.481 e. The van der Waals surface area contributed by atoms with E-state index >= 15 is 0 Å². The fraction of sp³-hybridized carbons (Fsp3) is 0.130. The van der Waals surface area contributed by atoms with Crippen molar-refractivity contribution in [1.82, 2.24) is 9.99 Å². The number of rotatable bonds is 5. The number of amides is 1. The molecule has 1 atom stereocenters. The summed E-state index contributed by atoms with van der Waals surface area (Å²) in [6.45, 7) is 1.28. The topological polar surface area (TPSA) is 81.1 Å². The van der Waals surface area contributed by atoms with Gasteiger partial charge < -0.3 is 9.47 Å². The van der Waals surface area contributed by atoms with E-state index in [1.54, 1.807) is 48.7 Å². The van der Waals surface area contributed by atoms with Crippen molar-refractivity contribution < 1.29 is 19.1 Å². The molecule has 0 saturated carbocycles. The van der Waals surface area contributed by atoms with Gasteiger partial charge in [0.2, 0.25) is 5.88 Å². The Morgan fingerprint density at radius 2 is 1.81 bits per heavy atom. The van der Waals surface area contributed by atoms with Crippen LogP contribution in [0.2, 0.25) is 5.02 Å². The van der Waals surface area contributed by atoms with E-state index in [0.29, 0.717) is 21.5 Å². The molecule has 2 aromatic carbocycles. The maximum Gasteiger partial charge on any atom is 0.308 e. The highest BCUT2D eigenvalue weighted by molar-refractivity contribution is 8.14. The Hall–Kier alpha value is -3.36. The second-order valence-electron chi connectivity index (χ2n) is 6.72. The lowest BCUT2D eigenvalue weighted by Crippen LogP contribution is -2.27. The van der Waals surface area contributed by atoms with Crippen molar-refractivity contribution >= 4 is 40.3 Å². The maximum atomic E-state index is 13.6. The molecular weight excluding hydrogens is 450 g/mol. The zero-order valence-corrected chi connectivity index (χ0v) is 18.8. The molecule has 3 aromatic rings. The summed E-state index contributed by atoms with van der Waals surface area (Å²) in [7, 11) is 1.52. The molecule has 2 heterocycles. The van der Waals surface area contributed by atoms with E-state index in [1.807, 2.05) is 18.2 Å². The van der Waals surface area contributed by atoms with E-state index in [4.69, 9.17) is 21.1 Å². The molecule has 162 valence electrons. The standard InChI is InChI=1S/C23H18ClN3O4S/c1-14(28)31-19-8-4-3-6-17(19)22(29)27-23(18-7-5-13-25-20(18)30-2)32-21(26-27)15-9-11-16(24)12-10-15/h3-13,23H,1-2H3. The molecule has 9 heteroatoms. The summed E-state index contributed by atoms with van der Waals surface area (Å²) in [5.41, 5.74) is 1.72. The third-order valence-electron chi connectivity index (χ3n) is 4.57. The van der Waals surface area contributed by atoms with Crippen molar-refractivity contribution in [3.63, 3.8) is 0 Å². The number of hydrogen-bond acceptors (Lipinski definition) is 7. The van der Waals surface area contributed by atoms with Gasteiger partial charge in [-0.2, -0.15) is 5.10 Å². The number of benzene rings is 2. The quantitative estimate of drug-likeness (QED) is 0.391. The summed E-state index contributed by atoms with van der Waals surface area (Å²) in [5, 5.41) is 6.67. The first kappa shape index (κ1) is 21.9. The molecule has 0 saturated heterocycles. The number of nitrogens with zero attached hydrogens (tertiary/aromatic N) is 3. The molecule has 1 amide bonds. The lowest BCUT2D eigenvalue weighted by atomic mass is 10.1. The normalized spacial score (nSPS) is 15.3. The zero-order chi connectivity index (χ0) is 22.7. The number of pyridine rings is 1. The molecule has 7 nitrogen and oxygen atoms in total. The van der Waals surface area contributed by atoms with Crippen molar-refractivity contribution in [2.24, 2.45) is 5.10 Å². The summed E-state index contributed by atoms with van der Waals surface area (Å²) >= 11 is 7.41. The lowest BCUT2D eigenvalue weighted by Gasteiger charge is -2.22. The first-order valence-electron chi connectivity index (χ1n) is 9.59. The predicted octanol–water partition coefficient (Wildman–Crippen LogP) is 4.92. The molecule has 1 aliphatic heterocycles. The van der Waals surface area contributed by atoms with Crippen LogP contribution in [0, 0.1) is 0 Å². The van der Waals surface area contributed by atoms with Gasteiger partial charge in [0.05, 0.1) is 12.7 Å². The number of halogens is 1. The van der Waals surface area contributed by atoms with Crippen LogP contribution < -0.4 is 9.47 Å². The Morgan fingerprint density at radius 3 is 2.53 bits per heavy atom. The van der Waals surface area contributed by atoms with Gasteiger partial charge in [0.1, 0.15) is 16.2 Å². The van der Waals surface area contributed by atoms with Crippen molar-refractivity contribution in [3.8, 4) is 11.6 Å². The largest absolute Gasteiger partial charge is 0.481 e. The molecule has 32 heavy (non-hydrogen) atoms. The molecule has 1 unspecified atom stereocenters. The van der Waals surface area contributed by atoms with Gasteiger partial charge in [0.25, 0.3) is 5.91 Å². The minimum absolute atomic E-state index is 0.169. The molecule has 1 aromatic heterocycles. The average molecular weight is 468 g/mol. The number of para-hydroxylation sites is 1. The van der Waals surface area contributed by atoms with Crippen LogP contribution in [0.5, 0.6) is 11.6 Å². The van der Waals surface area contributed by atoms with E-state index in [0.717, 1.165) is 5.56 Å². The monoisotopic (exact) mass is 467 g/mol. The molecular formula is C23H18ClN3O4S. The number of methoxy groups -OCH3 is 1. The first-order valence-corrected chi connectivity index (χ1v) is 10.8. The van der Waals surface area contributed by atoms with E-state index < -0.39 is 17.3 Å². The first-order chi connectivity index (χ1) is 15.5. The molecule has 0 bridgehead atoms. The van der Waals surface area contributed by atoms with Crippen LogP contribution >= 0.6 is 23.4 Å². The van der Waals surface area contributed by atoms with Crippen molar-refractivity contribution in [2.45, 2.75) is 12.3 Å². The summed E-state index contributed by atoms with van der Waals surface area (Å²) in [4.78, 5) is 29.4. The lowest BCUT2D eigenvalue weighted by molar-refractivity contribution is -0.131. The van der Waals surface area contributed by atoms with E-state index in [2.05, 4.69) is 10.1 Å². The van der Waals surface area contributed by atoms with Crippen LogP contribution in [0.1, 0.15) is 33.8 Å². The Morgan fingerprint density at radius 1 is 1.06 bits per heavy atom. The Labute approximate surface area is 194 Å². The molecule has 0 N–H and O–H groups in total. The molecule has 0 spiro atoms. The van der Waals surface area contributed by atoms with Gasteiger partial charge in [-0.3, -0.25) is 9.59 Å². The van der Waals surface area contributed by atoms with Crippen LogP contribution in [0.15, 0.2) is 72.0 Å². The maximum absolute atomic E-state index is 13.6. The summed E-state index contributed by atoms with van der Waals surface area (Å²) in [6.07, 6.45) is 1.62. The molecule has 0 aliphatic carbocycles. The minimum atomic E-state index is -0.540. The highest BCUT2D eigenvalue weighted by atomic mass is 35.5. The number of hydrogen-bond donors (Lipinski definition) is 0. The van der Waals surface area contributed by atoms with Gasteiger partial charge in [-0.25, -0.2) is 9.99 Å². The number of aromatic nitrogens is 1. The Balaban J connectivity index is 1.78. The van der Waals surface area contributed by atoms with Crippen LogP contribution in [-0.4, -0.2) is 34.0 Å². The second-order valence-corrected chi connectivity index (χ2v) is 8.23. The van der Waals surface area contributed by atoms with Crippen molar-refractivity contribution in [2.75, 3.05) is 7.11 Å². The highest BCUT2D eigenvalue weighted by Gasteiger charge is 2.37. The summed E-state index contributed by atoms with van der Waals surface area (Å²) < 4.78 is 10.7. The van der Waals surface area contributed by atoms with Crippen molar-refractivity contribution in [3.05, 3.63) is 88.6 Å². The number of ether oxygens (including phenoxy) is 2. The van der Waals surface area contributed by atoms with Gasteiger partial charge in [-0.1, -0.05) is 47.6 Å². The number of esters is 1. The summed E-state index contributed by atoms with van der Waals surface area (Å²) in [5.74, 6) is -0.378. The Bertz CT molecular complexity index is 1200. The summed E-state index contributed by atoms with van der Waals surface area (Å²) in [6, 6.07) is 17.4. The van der Waals surface area contributed by atoms with Crippen LogP contribution in [-0.2, 0) is 4.79 Å². The van der Waals surface area contributed by atoms with Gasteiger partial charge in [0.15, 0.2) is 0 Å². The number of carbonyl (C=O) groups excluding carboxylic acids is 2. The second kappa shape index (κ2) is 9.42. The van der Waals surface area contributed by atoms with Crippen LogP contribution in [0.25, 0.3) is 0 Å². The molecule has 0 radical (unpaired) electrons. The Kier molecular flexibility index (Phi) is 6.43. The fourth-order valence-corrected chi connectivity index (χ4v) is 4.46. The zero-order valence-electron chi connectivity index (χ0n) is 17.2. The molecule has 1 aliphatic rings. The molecule has 4 rings (SSSR count). The van der Waals surface area contributed by atoms with E-state index in [-0.39, 0.29) is 11.3 Å². The SMILES string of the molecule is COc1ncccc1C1SC(c2ccc(Cl)cc2)=NN1C(=O)c1ccccc1OC(C)=O. The van der Waals surface area contributed by atoms with Gasteiger partial charge in [-0.15, -0.1) is 0 Å². The number of hydrazone groups is 1. The van der Waals surface area contributed by atoms with Crippen LogP contribution in [0.3, 0.4) is 0 Å². The van der Waals surface area contributed by atoms with Crippen molar-refractivity contribution in [1.29, 1.82) is 0 Å². The average Bonchev–Trinajstić information content (AvgIpc) is 3.24. The number of carbonyl (C=O) groups is 2. The highest BCUT2D eigenvalue weighted by Crippen LogP contribution is 2.45. The van der Waals surface area contributed by atoms with Gasteiger partial charge in [-0.05, 0) is 36.4 Å². The fourth-order valence-electron chi connectivity index (χ4n) is 3.17. The third kappa shape index (κ3) is 4.46. The van der Waals surface area contributed by atoms with Crippen LogP contribution in [0.4, 0.5) is 0 Å². The number of thioether (sulfide) groups is 1.